The van der Waals surface area contributed by atoms with E-state index in [9.17, 15) is 0 Å². The van der Waals surface area contributed by atoms with Crippen molar-refractivity contribution >= 4 is 11.9 Å². The fourth-order valence-corrected chi connectivity index (χ4v) is 0.976. The summed E-state index contributed by atoms with van der Waals surface area (Å²) in [6.07, 6.45) is 2.26. The molecule has 86 valence electrons. The summed E-state index contributed by atoms with van der Waals surface area (Å²) in [5.41, 5.74) is 12.9. The monoisotopic (exact) mass is 209 g/mol. The number of nitrogen functional groups attached to an aromatic ring is 1. The van der Waals surface area contributed by atoms with E-state index in [1.54, 1.807) is 0 Å². The Morgan fingerprint density at radius 1 is 1.27 bits per heavy atom. The number of nitrogens with one attached hydrogen (secondary N) is 1. The second-order valence-electron chi connectivity index (χ2n) is 2.46. The predicted molar refractivity (Wildman–Crippen MR) is 69.6 cm³/mol. The lowest BCUT2D eigenvalue weighted by atomic mass is 10.1. The SMILES string of the molecule is CC.CCc1ccc(C=N)c(N)c1.CN. The van der Waals surface area contributed by atoms with Crippen LogP contribution in [0.2, 0.25) is 0 Å². The van der Waals surface area contributed by atoms with Gasteiger partial charge in [-0.3, -0.25) is 0 Å². The van der Waals surface area contributed by atoms with Crippen molar-refractivity contribution in [3.8, 4) is 0 Å². The van der Waals surface area contributed by atoms with Crippen LogP contribution in [0.1, 0.15) is 31.9 Å². The van der Waals surface area contributed by atoms with Gasteiger partial charge in [-0.1, -0.05) is 32.9 Å². The number of anilines is 1. The molecule has 3 nitrogen and oxygen atoms in total. The second-order valence-corrected chi connectivity index (χ2v) is 2.46. The zero-order valence-electron chi connectivity index (χ0n) is 10.2. The van der Waals surface area contributed by atoms with Crippen molar-refractivity contribution in [3.63, 3.8) is 0 Å². The van der Waals surface area contributed by atoms with Crippen LogP contribution in [0.15, 0.2) is 18.2 Å². The molecular formula is C12H23N3. The van der Waals surface area contributed by atoms with Crippen LogP contribution in [0.3, 0.4) is 0 Å². The van der Waals surface area contributed by atoms with Gasteiger partial charge in [-0.2, -0.15) is 0 Å². The molecule has 15 heavy (non-hydrogen) atoms. The van der Waals surface area contributed by atoms with Gasteiger partial charge in [-0.15, -0.1) is 0 Å². The molecule has 0 atom stereocenters. The number of nitrogens with two attached hydrogens (primary N) is 2. The van der Waals surface area contributed by atoms with Crippen LogP contribution in [-0.4, -0.2) is 13.3 Å². The van der Waals surface area contributed by atoms with Crippen LogP contribution in [0.4, 0.5) is 5.69 Å². The fourth-order valence-electron chi connectivity index (χ4n) is 0.976. The molecule has 0 saturated carbocycles. The van der Waals surface area contributed by atoms with Gasteiger partial charge in [-0.05, 0) is 25.1 Å². The third-order valence-electron chi connectivity index (χ3n) is 1.71. The molecule has 0 unspecified atom stereocenters. The highest BCUT2D eigenvalue weighted by atomic mass is 14.6. The normalized spacial score (nSPS) is 7.80. The summed E-state index contributed by atoms with van der Waals surface area (Å²) in [4.78, 5) is 0. The largest absolute Gasteiger partial charge is 0.398 e. The van der Waals surface area contributed by atoms with Crippen LogP contribution >= 0.6 is 0 Å². The van der Waals surface area contributed by atoms with Gasteiger partial charge in [0.25, 0.3) is 0 Å². The van der Waals surface area contributed by atoms with E-state index in [0.29, 0.717) is 5.69 Å². The average Bonchev–Trinajstić information content (AvgIpc) is 2.34. The van der Waals surface area contributed by atoms with Gasteiger partial charge in [-0.25, -0.2) is 0 Å². The smallest absolute Gasteiger partial charge is 0.0405 e. The molecule has 0 fully saturated rings. The molecule has 1 aromatic rings. The van der Waals surface area contributed by atoms with Gasteiger partial charge >= 0.3 is 0 Å². The van der Waals surface area contributed by atoms with Gasteiger partial charge in [0, 0.05) is 17.5 Å². The Kier molecular flexibility index (Phi) is 11.5. The lowest BCUT2D eigenvalue weighted by molar-refractivity contribution is 1.14. The summed E-state index contributed by atoms with van der Waals surface area (Å²) in [6.45, 7) is 6.08. The van der Waals surface area contributed by atoms with Crippen molar-refractivity contribution in [2.75, 3.05) is 12.8 Å². The van der Waals surface area contributed by atoms with Crippen molar-refractivity contribution in [3.05, 3.63) is 29.3 Å². The molecule has 5 N–H and O–H groups in total. The molecule has 3 heteroatoms. The maximum atomic E-state index is 7.01. The molecule has 0 heterocycles. The van der Waals surface area contributed by atoms with Crippen LogP contribution in [0, 0.1) is 5.41 Å². The summed E-state index contributed by atoms with van der Waals surface area (Å²) in [5.74, 6) is 0. The fraction of sp³-hybridized carbons (Fsp3) is 0.417. The third-order valence-corrected chi connectivity index (χ3v) is 1.71. The van der Waals surface area contributed by atoms with Gasteiger partial charge < -0.3 is 16.9 Å². The van der Waals surface area contributed by atoms with E-state index < -0.39 is 0 Å². The maximum Gasteiger partial charge on any atom is 0.0405 e. The third kappa shape index (κ3) is 5.86. The van der Waals surface area contributed by atoms with Crippen LogP contribution < -0.4 is 11.5 Å². The van der Waals surface area contributed by atoms with E-state index in [-0.39, 0.29) is 0 Å². The number of hydrogen-bond acceptors (Lipinski definition) is 3. The molecule has 0 aliphatic heterocycles. The average molecular weight is 209 g/mol. The second kappa shape index (κ2) is 10.7. The summed E-state index contributed by atoms with van der Waals surface area (Å²) in [6, 6.07) is 5.79. The number of benzene rings is 1. The highest BCUT2D eigenvalue weighted by Crippen LogP contribution is 2.12. The quantitative estimate of drug-likeness (QED) is 0.517. The van der Waals surface area contributed by atoms with Crippen molar-refractivity contribution in [2.24, 2.45) is 5.73 Å². The Balaban J connectivity index is 0. The topological polar surface area (TPSA) is 75.9 Å². The minimum Gasteiger partial charge on any atom is -0.398 e. The van der Waals surface area contributed by atoms with Gasteiger partial charge in [0.15, 0.2) is 0 Å². The zero-order chi connectivity index (χ0) is 12.3. The first kappa shape index (κ1) is 16.1. The standard InChI is InChI=1S/C9H12N2.C2H6.CH5N/c1-2-7-3-4-8(6-10)9(11)5-7;2*1-2/h3-6,10H,2,11H2,1H3;1-2H3;2H2,1H3. The Morgan fingerprint density at radius 3 is 2.13 bits per heavy atom. The lowest BCUT2D eigenvalue weighted by Gasteiger charge is -2.01. The Morgan fingerprint density at radius 2 is 1.80 bits per heavy atom. The highest BCUT2D eigenvalue weighted by molar-refractivity contribution is 5.84. The number of rotatable bonds is 2. The predicted octanol–water partition coefficient (Wildman–Crippen LogP) is 2.43. The summed E-state index contributed by atoms with van der Waals surface area (Å²) < 4.78 is 0. The van der Waals surface area contributed by atoms with Crippen LogP contribution in [0.5, 0.6) is 0 Å². The van der Waals surface area contributed by atoms with Crippen molar-refractivity contribution < 1.29 is 0 Å². The Labute approximate surface area is 93.0 Å². The van der Waals surface area contributed by atoms with Crippen molar-refractivity contribution in [1.29, 1.82) is 5.41 Å². The number of aryl methyl sites for hydroxylation is 1. The lowest BCUT2D eigenvalue weighted by Crippen LogP contribution is -1.93. The van der Waals surface area contributed by atoms with Crippen molar-refractivity contribution in [1.82, 2.24) is 0 Å². The molecule has 0 bridgehead atoms. The Bertz CT molecular complexity index is 270. The summed E-state index contributed by atoms with van der Waals surface area (Å²) in [7, 11) is 1.50. The first-order valence-electron chi connectivity index (χ1n) is 5.24. The van der Waals surface area contributed by atoms with Gasteiger partial charge in [0.05, 0.1) is 0 Å². The Hall–Kier alpha value is -1.35. The molecule has 0 radical (unpaired) electrons. The molecule has 1 rings (SSSR count). The van der Waals surface area contributed by atoms with Crippen LogP contribution in [-0.2, 0) is 6.42 Å². The molecule has 0 amide bonds. The molecule has 0 aliphatic rings. The summed E-state index contributed by atoms with van der Waals surface area (Å²) >= 11 is 0. The molecule has 0 aromatic heterocycles. The maximum absolute atomic E-state index is 7.01. The summed E-state index contributed by atoms with van der Waals surface area (Å²) in [5, 5.41) is 7.01. The van der Waals surface area contributed by atoms with E-state index in [1.807, 2.05) is 32.0 Å². The van der Waals surface area contributed by atoms with Crippen molar-refractivity contribution in [2.45, 2.75) is 27.2 Å². The van der Waals surface area contributed by atoms with E-state index in [2.05, 4.69) is 12.7 Å². The van der Waals surface area contributed by atoms with Gasteiger partial charge in [0.2, 0.25) is 0 Å². The first-order chi connectivity index (χ1) is 7.27. The van der Waals surface area contributed by atoms with E-state index >= 15 is 0 Å². The minimum absolute atomic E-state index is 0.694. The molecule has 0 aliphatic carbocycles. The highest BCUT2D eigenvalue weighted by Gasteiger charge is 1.95. The van der Waals surface area contributed by atoms with Gasteiger partial charge in [0.1, 0.15) is 0 Å². The number of hydrogen-bond donors (Lipinski definition) is 3. The van der Waals surface area contributed by atoms with E-state index in [4.69, 9.17) is 11.1 Å². The minimum atomic E-state index is 0.694. The zero-order valence-corrected chi connectivity index (χ0v) is 10.2. The van der Waals surface area contributed by atoms with E-state index in [0.717, 1.165) is 12.0 Å². The molecular weight excluding hydrogens is 186 g/mol. The molecule has 0 spiro atoms. The van der Waals surface area contributed by atoms with Crippen LogP contribution in [0.25, 0.3) is 0 Å². The molecule has 1 aromatic carbocycles. The first-order valence-corrected chi connectivity index (χ1v) is 5.24. The molecule has 0 saturated heterocycles. The van der Waals surface area contributed by atoms with E-state index in [1.165, 1.54) is 18.8 Å².